The van der Waals surface area contributed by atoms with E-state index in [0.29, 0.717) is 0 Å². The normalized spacial score (nSPS) is 22.6. The van der Waals surface area contributed by atoms with Crippen LogP contribution in [0.5, 0.6) is 0 Å². The minimum atomic E-state index is -0.617. The first-order valence-corrected chi connectivity index (χ1v) is 8.92. The molecule has 0 amide bonds. The third kappa shape index (κ3) is 4.57. The Kier molecular flexibility index (Phi) is 7.28. The zero-order chi connectivity index (χ0) is 17.7. The highest BCUT2D eigenvalue weighted by molar-refractivity contribution is 5.63. The highest BCUT2D eigenvalue weighted by Crippen LogP contribution is 2.35. The molecule has 4 nitrogen and oxygen atoms in total. The fraction of sp³-hybridized carbons (Fsp3) is 0.842. The van der Waals surface area contributed by atoms with Crippen LogP contribution < -0.4 is 0 Å². The molecule has 0 bridgehead atoms. The van der Waals surface area contributed by atoms with Crippen LogP contribution in [-0.2, 0) is 4.74 Å². The second-order valence-corrected chi connectivity index (χ2v) is 7.68. The monoisotopic (exact) mass is 324 g/mol. The highest BCUT2D eigenvalue weighted by atomic mass is 16.5. The van der Waals surface area contributed by atoms with Crippen molar-refractivity contribution in [3.05, 3.63) is 12.7 Å². The van der Waals surface area contributed by atoms with Gasteiger partial charge in [0.05, 0.1) is 24.0 Å². The van der Waals surface area contributed by atoms with Crippen LogP contribution in [0.3, 0.4) is 0 Å². The van der Waals surface area contributed by atoms with Gasteiger partial charge in [0.25, 0.3) is 0 Å². The van der Waals surface area contributed by atoms with Crippen LogP contribution in [0.25, 0.3) is 0 Å². The summed E-state index contributed by atoms with van der Waals surface area (Å²) in [5.41, 5.74) is -0.193. The SMILES string of the molecule is C=C[C@H]([C@@H](O)/C=N/N1CCC[C@H]1C(CC)(CC)OC)C(C)(C)C. The molecule has 0 saturated carbocycles. The second-order valence-electron chi connectivity index (χ2n) is 7.68. The van der Waals surface area contributed by atoms with Gasteiger partial charge in [-0.3, -0.25) is 5.01 Å². The lowest BCUT2D eigenvalue weighted by Crippen LogP contribution is -2.49. The number of rotatable bonds is 8. The van der Waals surface area contributed by atoms with Gasteiger partial charge in [0.2, 0.25) is 0 Å². The predicted octanol–water partition coefficient (Wildman–Crippen LogP) is 3.85. The van der Waals surface area contributed by atoms with Gasteiger partial charge in [0.15, 0.2) is 0 Å². The van der Waals surface area contributed by atoms with Crippen LogP contribution in [0.4, 0.5) is 0 Å². The van der Waals surface area contributed by atoms with Gasteiger partial charge < -0.3 is 9.84 Å². The standard InChI is InChI=1S/C19H36N2O2/c1-8-15(18(4,5)6)16(22)14-20-21-13-11-12-17(21)19(9-2,10-3)23-7/h8,14-17,22H,1,9-13H2,2-7H3/b20-14+/t15-,16+,17+/m1/s1. The van der Waals surface area contributed by atoms with Crippen LogP contribution in [-0.4, -0.2) is 47.7 Å². The molecule has 23 heavy (non-hydrogen) atoms. The first kappa shape index (κ1) is 20.2. The van der Waals surface area contributed by atoms with Crippen molar-refractivity contribution in [3.63, 3.8) is 0 Å². The lowest BCUT2D eigenvalue weighted by atomic mass is 9.78. The molecule has 1 aliphatic rings. The Balaban J connectivity index is 2.88. The second kappa shape index (κ2) is 8.29. The lowest BCUT2D eigenvalue weighted by Gasteiger charge is -2.40. The third-order valence-corrected chi connectivity index (χ3v) is 5.42. The van der Waals surface area contributed by atoms with Gasteiger partial charge in [-0.25, -0.2) is 0 Å². The average Bonchev–Trinajstić information content (AvgIpc) is 2.96. The van der Waals surface area contributed by atoms with Crippen molar-refractivity contribution in [2.75, 3.05) is 13.7 Å². The molecule has 0 unspecified atom stereocenters. The Bertz CT molecular complexity index is 388. The van der Waals surface area contributed by atoms with E-state index in [9.17, 15) is 5.11 Å². The van der Waals surface area contributed by atoms with E-state index in [4.69, 9.17) is 4.74 Å². The van der Waals surface area contributed by atoms with Gasteiger partial charge in [0, 0.05) is 19.6 Å². The van der Waals surface area contributed by atoms with Crippen LogP contribution in [0.2, 0.25) is 0 Å². The topological polar surface area (TPSA) is 45.1 Å². The largest absolute Gasteiger partial charge is 0.387 e. The van der Waals surface area contributed by atoms with Gasteiger partial charge in [-0.1, -0.05) is 40.7 Å². The number of hydrogen-bond donors (Lipinski definition) is 1. The number of aliphatic hydroxyl groups is 1. The maximum Gasteiger partial charge on any atom is 0.0976 e. The van der Waals surface area contributed by atoms with E-state index in [0.717, 1.165) is 32.2 Å². The minimum Gasteiger partial charge on any atom is -0.387 e. The Labute approximate surface area is 142 Å². The molecule has 1 fully saturated rings. The maximum absolute atomic E-state index is 10.5. The van der Waals surface area contributed by atoms with Gasteiger partial charge in [-0.05, 0) is 31.1 Å². The number of hydrogen-bond acceptors (Lipinski definition) is 4. The molecule has 0 aromatic heterocycles. The molecule has 1 aliphatic heterocycles. The van der Waals surface area contributed by atoms with E-state index in [1.165, 1.54) is 0 Å². The van der Waals surface area contributed by atoms with Crippen molar-refractivity contribution in [1.82, 2.24) is 5.01 Å². The van der Waals surface area contributed by atoms with E-state index in [2.05, 4.69) is 51.3 Å². The Morgan fingerprint density at radius 1 is 1.35 bits per heavy atom. The molecule has 1 heterocycles. The van der Waals surface area contributed by atoms with Crippen molar-refractivity contribution in [2.24, 2.45) is 16.4 Å². The molecule has 0 aromatic rings. The first-order valence-electron chi connectivity index (χ1n) is 8.92. The van der Waals surface area contributed by atoms with Gasteiger partial charge in [0.1, 0.15) is 0 Å². The van der Waals surface area contributed by atoms with E-state index in [1.807, 2.05) is 6.08 Å². The Hall–Kier alpha value is -0.870. The molecule has 3 atom stereocenters. The summed E-state index contributed by atoms with van der Waals surface area (Å²) in [7, 11) is 1.80. The first-order chi connectivity index (χ1) is 10.8. The fourth-order valence-electron chi connectivity index (χ4n) is 3.82. The summed E-state index contributed by atoms with van der Waals surface area (Å²) in [6, 6.07) is 0.280. The number of methoxy groups -OCH3 is 1. The van der Waals surface area contributed by atoms with Crippen molar-refractivity contribution in [1.29, 1.82) is 0 Å². The molecule has 0 aliphatic carbocycles. The average molecular weight is 325 g/mol. The molecule has 1 rings (SSSR count). The summed E-state index contributed by atoms with van der Waals surface area (Å²) in [5, 5.41) is 17.2. The zero-order valence-electron chi connectivity index (χ0n) is 15.9. The van der Waals surface area contributed by atoms with Crippen LogP contribution in [0.15, 0.2) is 17.8 Å². The summed E-state index contributed by atoms with van der Waals surface area (Å²) >= 11 is 0. The molecule has 0 radical (unpaired) electrons. The summed E-state index contributed by atoms with van der Waals surface area (Å²) < 4.78 is 5.89. The number of aliphatic hydroxyl groups excluding tert-OH is 1. The van der Waals surface area contributed by atoms with Crippen LogP contribution in [0.1, 0.15) is 60.3 Å². The summed E-state index contributed by atoms with van der Waals surface area (Å²) in [4.78, 5) is 0. The quantitative estimate of drug-likeness (QED) is 0.545. The molecular weight excluding hydrogens is 288 g/mol. The van der Waals surface area contributed by atoms with Crippen LogP contribution >= 0.6 is 0 Å². The summed E-state index contributed by atoms with van der Waals surface area (Å²) in [6.45, 7) is 15.5. The summed E-state index contributed by atoms with van der Waals surface area (Å²) in [6.07, 6.45) is 7.04. The molecular formula is C19H36N2O2. The van der Waals surface area contributed by atoms with Crippen LogP contribution in [0, 0.1) is 11.3 Å². The minimum absolute atomic E-state index is 0.0168. The number of ether oxygens (including phenoxy) is 1. The Morgan fingerprint density at radius 3 is 2.39 bits per heavy atom. The van der Waals surface area contributed by atoms with Crippen molar-refractivity contribution in [3.8, 4) is 0 Å². The Morgan fingerprint density at radius 2 is 1.96 bits per heavy atom. The van der Waals surface area contributed by atoms with Gasteiger partial charge >= 0.3 is 0 Å². The molecule has 1 N–H and O–H groups in total. The molecule has 0 aromatic carbocycles. The fourth-order valence-corrected chi connectivity index (χ4v) is 3.82. The van der Waals surface area contributed by atoms with Crippen molar-refractivity contribution < 1.29 is 9.84 Å². The lowest BCUT2D eigenvalue weighted by molar-refractivity contribution is -0.0733. The van der Waals surface area contributed by atoms with E-state index in [1.54, 1.807) is 13.3 Å². The van der Waals surface area contributed by atoms with Gasteiger partial charge in [-0.2, -0.15) is 5.10 Å². The van der Waals surface area contributed by atoms with Gasteiger partial charge in [-0.15, -0.1) is 6.58 Å². The van der Waals surface area contributed by atoms with E-state index < -0.39 is 6.10 Å². The highest BCUT2D eigenvalue weighted by Gasteiger charge is 2.42. The number of hydrazone groups is 1. The summed E-state index contributed by atoms with van der Waals surface area (Å²) in [5.74, 6) is -0.0168. The molecule has 134 valence electrons. The predicted molar refractivity (Wildman–Crippen MR) is 97.7 cm³/mol. The van der Waals surface area contributed by atoms with E-state index in [-0.39, 0.29) is 23.0 Å². The van der Waals surface area contributed by atoms with E-state index >= 15 is 0 Å². The zero-order valence-corrected chi connectivity index (χ0v) is 15.9. The smallest absolute Gasteiger partial charge is 0.0976 e. The maximum atomic E-state index is 10.5. The van der Waals surface area contributed by atoms with Crippen molar-refractivity contribution >= 4 is 6.21 Å². The molecule has 4 heteroatoms. The molecule has 0 spiro atoms. The third-order valence-electron chi connectivity index (χ3n) is 5.42. The number of nitrogens with zero attached hydrogens (tertiary/aromatic N) is 2. The van der Waals surface area contributed by atoms with Crippen molar-refractivity contribution in [2.45, 2.75) is 78.0 Å². The molecule has 1 saturated heterocycles.